The highest BCUT2D eigenvalue weighted by molar-refractivity contribution is 5.82. The third kappa shape index (κ3) is 3.76. The number of amides is 1. The first-order chi connectivity index (χ1) is 8.58. The maximum Gasteiger partial charge on any atom is 0.327 e. The predicted octanol–water partition coefficient (Wildman–Crippen LogP) is 0.948. The van der Waals surface area contributed by atoms with Crippen LogP contribution < -0.4 is 10.6 Å². The lowest BCUT2D eigenvalue weighted by molar-refractivity contribution is -0.141. The Balaban J connectivity index is 2.82. The molecule has 0 spiro atoms. The Kier molecular flexibility index (Phi) is 5.17. The molecule has 0 heterocycles. The van der Waals surface area contributed by atoms with Crippen molar-refractivity contribution in [3.8, 4) is 0 Å². The monoisotopic (exact) mass is 250 g/mol. The lowest BCUT2D eigenvalue weighted by atomic mass is 10.1. The number of ether oxygens (including phenoxy) is 1. The Bertz CT molecular complexity index is 432. The van der Waals surface area contributed by atoms with Gasteiger partial charge in [0.25, 0.3) is 0 Å². The number of likely N-dealkylation sites (N-methyl/N-ethyl adjacent to an activating group) is 1. The van der Waals surface area contributed by atoms with E-state index in [9.17, 15) is 9.59 Å². The minimum atomic E-state index is -0.458. The van der Waals surface area contributed by atoms with Crippen LogP contribution in [-0.4, -0.2) is 32.1 Å². The SMILES string of the molecule is CNC(=O)Cc1ccccc1NC(C)C(=O)OC. The molecule has 0 fully saturated rings. The average Bonchev–Trinajstić information content (AvgIpc) is 2.39. The fourth-order valence-electron chi connectivity index (χ4n) is 1.55. The third-order valence-corrected chi connectivity index (χ3v) is 2.57. The summed E-state index contributed by atoms with van der Waals surface area (Å²) < 4.78 is 4.65. The zero-order valence-electron chi connectivity index (χ0n) is 10.8. The van der Waals surface area contributed by atoms with Crippen LogP contribution in [0.2, 0.25) is 0 Å². The lowest BCUT2D eigenvalue weighted by Gasteiger charge is -2.16. The first kappa shape index (κ1) is 14.0. The predicted molar refractivity (Wildman–Crippen MR) is 69.3 cm³/mol. The number of nitrogens with one attached hydrogen (secondary N) is 2. The van der Waals surface area contributed by atoms with E-state index in [1.807, 2.05) is 24.3 Å². The number of para-hydroxylation sites is 1. The summed E-state index contributed by atoms with van der Waals surface area (Å²) in [4.78, 5) is 22.7. The molecule has 1 amide bonds. The maximum atomic E-state index is 11.4. The van der Waals surface area contributed by atoms with Gasteiger partial charge in [0.1, 0.15) is 6.04 Å². The van der Waals surface area contributed by atoms with Gasteiger partial charge in [-0.25, -0.2) is 4.79 Å². The van der Waals surface area contributed by atoms with E-state index in [0.29, 0.717) is 0 Å². The molecule has 1 rings (SSSR count). The van der Waals surface area contributed by atoms with Crippen molar-refractivity contribution >= 4 is 17.6 Å². The number of anilines is 1. The number of hydrogen-bond donors (Lipinski definition) is 2. The first-order valence-corrected chi connectivity index (χ1v) is 5.71. The Labute approximate surface area is 107 Å². The van der Waals surface area contributed by atoms with Crippen molar-refractivity contribution in [1.29, 1.82) is 0 Å². The summed E-state index contributed by atoms with van der Waals surface area (Å²) >= 11 is 0. The van der Waals surface area contributed by atoms with Gasteiger partial charge in [-0.05, 0) is 18.6 Å². The van der Waals surface area contributed by atoms with Gasteiger partial charge in [-0.3, -0.25) is 4.79 Å². The van der Waals surface area contributed by atoms with E-state index in [0.717, 1.165) is 11.3 Å². The molecule has 98 valence electrons. The van der Waals surface area contributed by atoms with Gasteiger partial charge in [0.15, 0.2) is 0 Å². The van der Waals surface area contributed by atoms with Crippen LogP contribution in [0, 0.1) is 0 Å². The van der Waals surface area contributed by atoms with Crippen LogP contribution in [0.15, 0.2) is 24.3 Å². The van der Waals surface area contributed by atoms with E-state index in [1.54, 1.807) is 14.0 Å². The van der Waals surface area contributed by atoms with Crippen molar-refractivity contribution in [3.63, 3.8) is 0 Å². The summed E-state index contributed by atoms with van der Waals surface area (Å²) in [5.41, 5.74) is 1.60. The van der Waals surface area contributed by atoms with Crippen LogP contribution in [0.3, 0.4) is 0 Å². The van der Waals surface area contributed by atoms with Gasteiger partial charge in [-0.2, -0.15) is 0 Å². The third-order valence-electron chi connectivity index (χ3n) is 2.57. The van der Waals surface area contributed by atoms with Crippen LogP contribution >= 0.6 is 0 Å². The highest BCUT2D eigenvalue weighted by atomic mass is 16.5. The Morgan fingerprint density at radius 2 is 2.00 bits per heavy atom. The fourth-order valence-corrected chi connectivity index (χ4v) is 1.55. The van der Waals surface area contributed by atoms with E-state index in [-0.39, 0.29) is 18.3 Å². The van der Waals surface area contributed by atoms with Gasteiger partial charge < -0.3 is 15.4 Å². The van der Waals surface area contributed by atoms with Crippen LogP contribution in [0.4, 0.5) is 5.69 Å². The number of hydrogen-bond acceptors (Lipinski definition) is 4. The van der Waals surface area contributed by atoms with E-state index in [4.69, 9.17) is 0 Å². The van der Waals surface area contributed by atoms with Crippen molar-refractivity contribution in [2.75, 3.05) is 19.5 Å². The van der Waals surface area contributed by atoms with E-state index >= 15 is 0 Å². The Morgan fingerprint density at radius 3 is 2.61 bits per heavy atom. The van der Waals surface area contributed by atoms with Gasteiger partial charge in [0, 0.05) is 12.7 Å². The summed E-state index contributed by atoms with van der Waals surface area (Å²) in [6.07, 6.45) is 0.271. The molecule has 5 nitrogen and oxygen atoms in total. The summed E-state index contributed by atoms with van der Waals surface area (Å²) in [6, 6.07) is 6.92. The van der Waals surface area contributed by atoms with E-state index < -0.39 is 6.04 Å². The second-order valence-electron chi connectivity index (χ2n) is 3.90. The average molecular weight is 250 g/mol. The molecule has 0 bridgehead atoms. The van der Waals surface area contributed by atoms with Crippen molar-refractivity contribution in [2.45, 2.75) is 19.4 Å². The zero-order valence-corrected chi connectivity index (χ0v) is 10.8. The van der Waals surface area contributed by atoms with E-state index in [1.165, 1.54) is 7.11 Å². The normalized spacial score (nSPS) is 11.5. The molecule has 2 N–H and O–H groups in total. The summed E-state index contributed by atoms with van der Waals surface area (Å²) in [5, 5.41) is 5.61. The first-order valence-electron chi connectivity index (χ1n) is 5.71. The van der Waals surface area contributed by atoms with Gasteiger partial charge in [-0.15, -0.1) is 0 Å². The quantitative estimate of drug-likeness (QED) is 0.763. The van der Waals surface area contributed by atoms with Gasteiger partial charge in [0.05, 0.1) is 13.5 Å². The van der Waals surface area contributed by atoms with Gasteiger partial charge in [0.2, 0.25) is 5.91 Å². The molecule has 1 aromatic carbocycles. The largest absolute Gasteiger partial charge is 0.467 e. The molecule has 18 heavy (non-hydrogen) atoms. The molecule has 0 aliphatic heterocycles. The molecule has 0 saturated carbocycles. The molecule has 0 radical (unpaired) electrons. The Morgan fingerprint density at radius 1 is 1.33 bits per heavy atom. The van der Waals surface area contributed by atoms with Gasteiger partial charge >= 0.3 is 5.97 Å². The van der Waals surface area contributed by atoms with Gasteiger partial charge in [-0.1, -0.05) is 18.2 Å². The standard InChI is InChI=1S/C13H18N2O3/c1-9(13(17)18-3)15-11-7-5-4-6-10(11)8-12(16)14-2/h4-7,9,15H,8H2,1-3H3,(H,14,16). The molecule has 1 atom stereocenters. The second-order valence-corrected chi connectivity index (χ2v) is 3.90. The molecule has 0 saturated heterocycles. The number of methoxy groups -OCH3 is 1. The van der Waals surface area contributed by atoms with Crippen LogP contribution in [-0.2, 0) is 20.7 Å². The molecule has 0 aliphatic rings. The van der Waals surface area contributed by atoms with Crippen molar-refractivity contribution < 1.29 is 14.3 Å². The molecule has 0 aliphatic carbocycles. The molecule has 0 aromatic heterocycles. The molecule has 1 aromatic rings. The molecular formula is C13H18N2O3. The minimum Gasteiger partial charge on any atom is -0.467 e. The summed E-state index contributed by atoms with van der Waals surface area (Å²) in [6.45, 7) is 1.71. The summed E-state index contributed by atoms with van der Waals surface area (Å²) in [7, 11) is 2.94. The molecular weight excluding hydrogens is 232 g/mol. The smallest absolute Gasteiger partial charge is 0.327 e. The zero-order chi connectivity index (χ0) is 13.5. The van der Waals surface area contributed by atoms with Crippen LogP contribution in [0.25, 0.3) is 0 Å². The van der Waals surface area contributed by atoms with Crippen LogP contribution in [0.5, 0.6) is 0 Å². The van der Waals surface area contributed by atoms with E-state index in [2.05, 4.69) is 15.4 Å². The maximum absolute atomic E-state index is 11.4. The number of esters is 1. The summed E-state index contributed by atoms with van der Waals surface area (Å²) in [5.74, 6) is -0.417. The molecule has 1 unspecified atom stereocenters. The second kappa shape index (κ2) is 6.64. The number of carbonyl (C=O) groups is 2. The van der Waals surface area contributed by atoms with Crippen molar-refractivity contribution in [1.82, 2.24) is 5.32 Å². The van der Waals surface area contributed by atoms with Crippen molar-refractivity contribution in [3.05, 3.63) is 29.8 Å². The van der Waals surface area contributed by atoms with Crippen molar-refractivity contribution in [2.24, 2.45) is 0 Å². The highest BCUT2D eigenvalue weighted by Gasteiger charge is 2.14. The lowest BCUT2D eigenvalue weighted by Crippen LogP contribution is -2.28. The molecule has 5 heteroatoms. The minimum absolute atomic E-state index is 0.0741. The number of carbonyl (C=O) groups excluding carboxylic acids is 2. The topological polar surface area (TPSA) is 67.4 Å². The number of benzene rings is 1. The van der Waals surface area contributed by atoms with Crippen LogP contribution in [0.1, 0.15) is 12.5 Å². The highest BCUT2D eigenvalue weighted by Crippen LogP contribution is 2.17. The fraction of sp³-hybridized carbons (Fsp3) is 0.385. The number of rotatable bonds is 5. The Hall–Kier alpha value is -2.04.